The first kappa shape index (κ1) is 14.1. The minimum absolute atomic E-state index is 0.466. The number of nitrogens with zero attached hydrogens (tertiary/aromatic N) is 2. The van der Waals surface area contributed by atoms with Crippen LogP contribution in [0.25, 0.3) is 0 Å². The van der Waals surface area contributed by atoms with Gasteiger partial charge in [-0.1, -0.05) is 11.6 Å². The molecule has 19 heavy (non-hydrogen) atoms. The lowest BCUT2D eigenvalue weighted by Crippen LogP contribution is -2.00. The summed E-state index contributed by atoms with van der Waals surface area (Å²) < 4.78 is 6.57. The van der Waals surface area contributed by atoms with Gasteiger partial charge in [-0.25, -0.2) is 4.98 Å². The van der Waals surface area contributed by atoms with Crippen molar-refractivity contribution in [3.63, 3.8) is 0 Å². The Kier molecular flexibility index (Phi) is 4.27. The van der Waals surface area contributed by atoms with Gasteiger partial charge in [-0.15, -0.1) is 0 Å². The van der Waals surface area contributed by atoms with Gasteiger partial charge in [-0.3, -0.25) is 0 Å². The van der Waals surface area contributed by atoms with Crippen molar-refractivity contribution in [3.8, 4) is 11.6 Å². The Morgan fingerprint density at radius 3 is 2.47 bits per heavy atom. The van der Waals surface area contributed by atoms with Gasteiger partial charge in [-0.2, -0.15) is 4.98 Å². The van der Waals surface area contributed by atoms with Crippen LogP contribution in [0.3, 0.4) is 0 Å². The van der Waals surface area contributed by atoms with E-state index in [1.165, 1.54) is 0 Å². The molecule has 1 aromatic heterocycles. The second kappa shape index (κ2) is 5.75. The van der Waals surface area contributed by atoms with Gasteiger partial charge < -0.3 is 10.1 Å². The Morgan fingerprint density at radius 2 is 1.89 bits per heavy atom. The summed E-state index contributed by atoms with van der Waals surface area (Å²) in [4.78, 5) is 8.35. The molecule has 1 heterocycles. The molecule has 2 rings (SSSR count). The molecule has 4 nitrogen and oxygen atoms in total. The highest BCUT2D eigenvalue weighted by Crippen LogP contribution is 2.33. The maximum Gasteiger partial charge on any atom is 0.238 e. The van der Waals surface area contributed by atoms with Gasteiger partial charge in [0.15, 0.2) is 0 Å². The fraction of sp³-hybridized carbons (Fsp3) is 0.231. The summed E-state index contributed by atoms with van der Waals surface area (Å²) in [7, 11) is 1.76. The van der Waals surface area contributed by atoms with Gasteiger partial charge in [0.2, 0.25) is 11.8 Å². The Bertz CT molecular complexity index is 596. The van der Waals surface area contributed by atoms with Gasteiger partial charge >= 0.3 is 0 Å². The standard InChI is InChI=1S/C13H13BrClN3O/c1-7-4-9(15)5-8(2)11(7)19-12-10(14)6-17-13(16-3)18-12/h4-6H,1-3H3,(H,16,17,18). The first-order valence-corrected chi connectivity index (χ1v) is 6.83. The molecule has 2 aromatic rings. The van der Waals surface area contributed by atoms with Crippen molar-refractivity contribution in [2.45, 2.75) is 13.8 Å². The number of rotatable bonds is 3. The molecule has 0 bridgehead atoms. The third kappa shape index (κ3) is 3.16. The Morgan fingerprint density at radius 1 is 1.26 bits per heavy atom. The molecule has 0 amide bonds. The average Bonchev–Trinajstić information content (AvgIpc) is 2.35. The van der Waals surface area contributed by atoms with Gasteiger partial charge in [0.25, 0.3) is 0 Å². The molecule has 0 aliphatic rings. The molecule has 0 aliphatic carbocycles. The molecule has 0 spiro atoms. The molecule has 0 atom stereocenters. The molecule has 0 radical (unpaired) electrons. The van der Waals surface area contributed by atoms with E-state index < -0.39 is 0 Å². The van der Waals surface area contributed by atoms with Crippen molar-refractivity contribution in [3.05, 3.63) is 39.0 Å². The van der Waals surface area contributed by atoms with E-state index in [2.05, 4.69) is 31.2 Å². The van der Waals surface area contributed by atoms with Crippen LogP contribution < -0.4 is 10.1 Å². The van der Waals surface area contributed by atoms with Crippen LogP contribution in [0.15, 0.2) is 22.8 Å². The van der Waals surface area contributed by atoms with Crippen molar-refractivity contribution in [1.82, 2.24) is 9.97 Å². The predicted molar refractivity (Wildman–Crippen MR) is 80.3 cm³/mol. The fourth-order valence-electron chi connectivity index (χ4n) is 1.70. The molecular weight excluding hydrogens is 330 g/mol. The van der Waals surface area contributed by atoms with Crippen molar-refractivity contribution in [2.24, 2.45) is 0 Å². The van der Waals surface area contributed by atoms with E-state index in [1.807, 2.05) is 26.0 Å². The monoisotopic (exact) mass is 341 g/mol. The second-order valence-corrected chi connectivity index (χ2v) is 5.36. The molecule has 100 valence electrons. The third-order valence-electron chi connectivity index (χ3n) is 2.56. The lowest BCUT2D eigenvalue weighted by molar-refractivity contribution is 0.452. The van der Waals surface area contributed by atoms with Crippen molar-refractivity contribution >= 4 is 33.5 Å². The van der Waals surface area contributed by atoms with Gasteiger partial charge in [0.05, 0.1) is 10.7 Å². The van der Waals surface area contributed by atoms with Crippen molar-refractivity contribution in [1.29, 1.82) is 0 Å². The number of halogens is 2. The first-order chi connectivity index (χ1) is 9.01. The zero-order chi connectivity index (χ0) is 14.0. The molecule has 0 aliphatic heterocycles. The average molecular weight is 343 g/mol. The molecule has 1 N–H and O–H groups in total. The van der Waals surface area contributed by atoms with E-state index in [1.54, 1.807) is 13.2 Å². The number of nitrogens with one attached hydrogen (secondary N) is 1. The zero-order valence-corrected chi connectivity index (χ0v) is 13.1. The smallest absolute Gasteiger partial charge is 0.238 e. The zero-order valence-electron chi connectivity index (χ0n) is 10.8. The topological polar surface area (TPSA) is 47.0 Å². The number of hydrogen-bond donors (Lipinski definition) is 1. The van der Waals surface area contributed by atoms with Crippen LogP contribution in [0.4, 0.5) is 5.95 Å². The Hall–Kier alpha value is -1.33. The molecule has 0 saturated carbocycles. The Labute approximate surface area is 125 Å². The van der Waals surface area contributed by atoms with Crippen LogP contribution in [0, 0.1) is 13.8 Å². The summed E-state index contributed by atoms with van der Waals surface area (Å²) in [6, 6.07) is 3.72. The number of ether oxygens (including phenoxy) is 1. The summed E-state index contributed by atoms with van der Waals surface area (Å²) in [6.07, 6.45) is 1.65. The summed E-state index contributed by atoms with van der Waals surface area (Å²) in [5.74, 6) is 1.72. The summed E-state index contributed by atoms with van der Waals surface area (Å²) in [5, 5.41) is 3.57. The molecular formula is C13H13BrClN3O. The van der Waals surface area contributed by atoms with Crippen LogP contribution in [-0.2, 0) is 0 Å². The number of benzene rings is 1. The number of aryl methyl sites for hydroxylation is 2. The quantitative estimate of drug-likeness (QED) is 0.901. The van der Waals surface area contributed by atoms with Gasteiger partial charge in [-0.05, 0) is 53.0 Å². The summed E-state index contributed by atoms with van der Waals surface area (Å²) in [6.45, 7) is 3.89. The molecule has 0 saturated heterocycles. The molecule has 1 aromatic carbocycles. The van der Waals surface area contributed by atoms with E-state index in [9.17, 15) is 0 Å². The SMILES string of the molecule is CNc1ncc(Br)c(Oc2c(C)cc(Cl)cc2C)n1. The minimum atomic E-state index is 0.466. The third-order valence-corrected chi connectivity index (χ3v) is 3.32. The summed E-state index contributed by atoms with van der Waals surface area (Å²) in [5.41, 5.74) is 1.92. The van der Waals surface area contributed by atoms with E-state index in [-0.39, 0.29) is 0 Å². The first-order valence-electron chi connectivity index (χ1n) is 5.66. The van der Waals surface area contributed by atoms with Crippen LogP contribution in [0.2, 0.25) is 5.02 Å². The maximum absolute atomic E-state index is 6.00. The van der Waals surface area contributed by atoms with E-state index >= 15 is 0 Å². The summed E-state index contributed by atoms with van der Waals surface area (Å²) >= 11 is 9.38. The van der Waals surface area contributed by atoms with Crippen molar-refractivity contribution in [2.75, 3.05) is 12.4 Å². The molecule has 0 unspecified atom stereocenters. The number of aromatic nitrogens is 2. The van der Waals surface area contributed by atoms with E-state index in [0.717, 1.165) is 16.9 Å². The van der Waals surface area contributed by atoms with Crippen LogP contribution in [-0.4, -0.2) is 17.0 Å². The highest BCUT2D eigenvalue weighted by Gasteiger charge is 2.11. The fourth-order valence-corrected chi connectivity index (χ4v) is 2.30. The lowest BCUT2D eigenvalue weighted by Gasteiger charge is -2.13. The predicted octanol–water partition coefficient (Wildman–Crippen LogP) is 4.34. The highest BCUT2D eigenvalue weighted by molar-refractivity contribution is 9.10. The van der Waals surface area contributed by atoms with Gasteiger partial charge in [0.1, 0.15) is 5.75 Å². The Balaban J connectivity index is 2.41. The van der Waals surface area contributed by atoms with Crippen LogP contribution >= 0.6 is 27.5 Å². The minimum Gasteiger partial charge on any atom is -0.437 e. The molecule has 6 heteroatoms. The molecule has 0 fully saturated rings. The van der Waals surface area contributed by atoms with Crippen LogP contribution in [0.1, 0.15) is 11.1 Å². The lowest BCUT2D eigenvalue weighted by atomic mass is 10.1. The van der Waals surface area contributed by atoms with Gasteiger partial charge in [0, 0.05) is 12.1 Å². The number of anilines is 1. The maximum atomic E-state index is 6.00. The van der Waals surface area contributed by atoms with E-state index in [0.29, 0.717) is 21.3 Å². The largest absolute Gasteiger partial charge is 0.437 e. The van der Waals surface area contributed by atoms with Crippen LogP contribution in [0.5, 0.6) is 11.6 Å². The second-order valence-electron chi connectivity index (χ2n) is 4.07. The number of hydrogen-bond acceptors (Lipinski definition) is 4. The van der Waals surface area contributed by atoms with E-state index in [4.69, 9.17) is 16.3 Å². The van der Waals surface area contributed by atoms with Crippen molar-refractivity contribution < 1.29 is 4.74 Å². The normalized spacial score (nSPS) is 10.4. The highest BCUT2D eigenvalue weighted by atomic mass is 79.9.